The van der Waals surface area contributed by atoms with Crippen molar-refractivity contribution >= 4 is 22.4 Å². The lowest BCUT2D eigenvalue weighted by Gasteiger charge is -2.11. The number of aromatic nitrogens is 2. The van der Waals surface area contributed by atoms with Crippen LogP contribution in [0.15, 0.2) is 66.7 Å². The number of nitrogens with one attached hydrogen (secondary N) is 1. The Balaban J connectivity index is 1.81. The summed E-state index contributed by atoms with van der Waals surface area (Å²) in [4.78, 5) is 9.20. The number of anilines is 2. The first kappa shape index (κ1) is 16.9. The number of benzene rings is 3. The van der Waals surface area contributed by atoms with Gasteiger partial charge in [-0.3, -0.25) is 0 Å². The van der Waals surface area contributed by atoms with Crippen molar-refractivity contribution in [3.05, 3.63) is 78.4 Å². The zero-order chi connectivity index (χ0) is 18.8. The summed E-state index contributed by atoms with van der Waals surface area (Å²) in [5.41, 5.74) is 1.96. The topological polar surface area (TPSA) is 47.0 Å². The van der Waals surface area contributed by atoms with Gasteiger partial charge in [-0.2, -0.15) is 0 Å². The number of hydrogen-bond donors (Lipinski definition) is 1. The summed E-state index contributed by atoms with van der Waals surface area (Å²) < 4.78 is 31.9. The van der Waals surface area contributed by atoms with Crippen LogP contribution in [0.3, 0.4) is 0 Å². The van der Waals surface area contributed by atoms with Crippen molar-refractivity contribution < 1.29 is 13.5 Å². The van der Waals surface area contributed by atoms with Gasteiger partial charge in [0.1, 0.15) is 11.6 Å². The van der Waals surface area contributed by atoms with E-state index in [1.165, 1.54) is 6.07 Å². The molecule has 6 heteroatoms. The second kappa shape index (κ2) is 6.99. The van der Waals surface area contributed by atoms with Crippen LogP contribution >= 0.6 is 0 Å². The molecule has 27 heavy (non-hydrogen) atoms. The number of rotatable bonds is 4. The molecule has 0 atom stereocenters. The Kier molecular flexibility index (Phi) is 4.38. The van der Waals surface area contributed by atoms with Crippen LogP contribution < -0.4 is 10.1 Å². The predicted octanol–water partition coefficient (Wildman–Crippen LogP) is 5.33. The minimum absolute atomic E-state index is 0.401. The summed E-state index contributed by atoms with van der Waals surface area (Å²) in [7, 11) is 1.60. The van der Waals surface area contributed by atoms with E-state index in [1.807, 2.05) is 48.5 Å². The van der Waals surface area contributed by atoms with Gasteiger partial charge in [0.15, 0.2) is 17.5 Å². The molecule has 134 valence electrons. The Morgan fingerprint density at radius 2 is 1.63 bits per heavy atom. The number of methoxy groups -OCH3 is 1. The molecule has 0 aliphatic rings. The monoisotopic (exact) mass is 363 g/mol. The number of para-hydroxylation sites is 1. The first-order chi connectivity index (χ1) is 13.1. The second-order valence-electron chi connectivity index (χ2n) is 5.90. The summed E-state index contributed by atoms with van der Waals surface area (Å²) in [5, 5.41) is 3.84. The fourth-order valence-corrected chi connectivity index (χ4v) is 2.75. The van der Waals surface area contributed by atoms with Crippen LogP contribution in [-0.2, 0) is 0 Å². The molecule has 4 rings (SSSR count). The van der Waals surface area contributed by atoms with Gasteiger partial charge in [0, 0.05) is 22.7 Å². The van der Waals surface area contributed by atoms with E-state index < -0.39 is 11.6 Å². The number of ether oxygens (including phenoxy) is 1. The standard InChI is InChI=1S/C21H15F2N3O/c1-27-15-9-6-13(7-10-15)20-25-19-5-3-2-4-16(19)21(26-20)24-14-8-11-17(22)18(23)12-14/h2-12H,1H3,(H,24,25,26). The van der Waals surface area contributed by atoms with E-state index in [0.717, 1.165) is 34.3 Å². The van der Waals surface area contributed by atoms with E-state index in [9.17, 15) is 8.78 Å². The third-order valence-electron chi connectivity index (χ3n) is 4.13. The van der Waals surface area contributed by atoms with Crippen molar-refractivity contribution in [3.63, 3.8) is 0 Å². The summed E-state index contributed by atoms with van der Waals surface area (Å²) in [6.45, 7) is 0. The summed E-state index contributed by atoms with van der Waals surface area (Å²) >= 11 is 0. The fourth-order valence-electron chi connectivity index (χ4n) is 2.75. The maximum atomic E-state index is 13.6. The van der Waals surface area contributed by atoms with Gasteiger partial charge >= 0.3 is 0 Å². The molecule has 4 nitrogen and oxygen atoms in total. The average Bonchev–Trinajstić information content (AvgIpc) is 2.71. The summed E-state index contributed by atoms with van der Waals surface area (Å²) in [6.07, 6.45) is 0. The molecule has 1 N–H and O–H groups in total. The Bertz CT molecular complexity index is 1110. The maximum Gasteiger partial charge on any atom is 0.162 e. The lowest BCUT2D eigenvalue weighted by Crippen LogP contribution is -2.00. The first-order valence-electron chi connectivity index (χ1n) is 8.27. The van der Waals surface area contributed by atoms with Crippen LogP contribution in [0.5, 0.6) is 5.75 Å². The molecule has 0 unspecified atom stereocenters. The molecule has 1 aromatic heterocycles. The van der Waals surface area contributed by atoms with E-state index in [4.69, 9.17) is 4.74 Å². The van der Waals surface area contributed by atoms with Crippen LogP contribution in [0, 0.1) is 11.6 Å². The third-order valence-corrected chi connectivity index (χ3v) is 4.13. The van der Waals surface area contributed by atoms with E-state index in [-0.39, 0.29) is 0 Å². The minimum Gasteiger partial charge on any atom is -0.497 e. The lowest BCUT2D eigenvalue weighted by atomic mass is 10.1. The smallest absolute Gasteiger partial charge is 0.162 e. The van der Waals surface area contributed by atoms with E-state index in [2.05, 4.69) is 15.3 Å². The van der Waals surface area contributed by atoms with Crippen molar-refractivity contribution in [2.45, 2.75) is 0 Å². The van der Waals surface area contributed by atoms with Crippen molar-refractivity contribution in [2.24, 2.45) is 0 Å². The number of nitrogens with zero attached hydrogens (tertiary/aromatic N) is 2. The van der Waals surface area contributed by atoms with Crippen molar-refractivity contribution in [1.82, 2.24) is 9.97 Å². The molecule has 1 heterocycles. The number of hydrogen-bond acceptors (Lipinski definition) is 4. The summed E-state index contributed by atoms with van der Waals surface area (Å²) in [5.74, 6) is -0.0562. The molecule has 0 spiro atoms. The van der Waals surface area contributed by atoms with Crippen molar-refractivity contribution in [3.8, 4) is 17.1 Å². The Morgan fingerprint density at radius 1 is 0.852 bits per heavy atom. The third kappa shape index (κ3) is 3.42. The number of halogens is 2. The van der Waals surface area contributed by atoms with Crippen LogP contribution in [0.25, 0.3) is 22.3 Å². The normalized spacial score (nSPS) is 10.8. The SMILES string of the molecule is COc1ccc(-c2nc(Nc3ccc(F)c(F)c3)c3ccccc3n2)cc1. The van der Waals surface area contributed by atoms with Gasteiger partial charge in [0.2, 0.25) is 0 Å². The molecule has 0 saturated heterocycles. The summed E-state index contributed by atoms with van der Waals surface area (Å²) in [6, 6.07) is 18.5. The van der Waals surface area contributed by atoms with Crippen molar-refractivity contribution in [2.75, 3.05) is 12.4 Å². The van der Waals surface area contributed by atoms with Crippen LogP contribution in [0.1, 0.15) is 0 Å². The highest BCUT2D eigenvalue weighted by Crippen LogP contribution is 2.28. The molecule has 0 radical (unpaired) electrons. The highest BCUT2D eigenvalue weighted by Gasteiger charge is 2.11. The lowest BCUT2D eigenvalue weighted by molar-refractivity contribution is 0.415. The van der Waals surface area contributed by atoms with Crippen LogP contribution in [0.4, 0.5) is 20.3 Å². The molecular formula is C21H15F2N3O. The molecule has 0 aliphatic carbocycles. The van der Waals surface area contributed by atoms with Crippen molar-refractivity contribution in [1.29, 1.82) is 0 Å². The van der Waals surface area contributed by atoms with Gasteiger partial charge in [-0.05, 0) is 48.5 Å². The van der Waals surface area contributed by atoms with Gasteiger partial charge in [0.25, 0.3) is 0 Å². The fraction of sp³-hybridized carbons (Fsp3) is 0.0476. The molecule has 0 fully saturated rings. The maximum absolute atomic E-state index is 13.6. The zero-order valence-corrected chi connectivity index (χ0v) is 14.4. The van der Waals surface area contributed by atoms with E-state index in [0.29, 0.717) is 17.3 Å². The largest absolute Gasteiger partial charge is 0.497 e. The van der Waals surface area contributed by atoms with Gasteiger partial charge in [-0.1, -0.05) is 12.1 Å². The quantitative estimate of drug-likeness (QED) is 0.533. The van der Waals surface area contributed by atoms with Gasteiger partial charge < -0.3 is 10.1 Å². The molecule has 4 aromatic rings. The Hall–Kier alpha value is -3.54. The average molecular weight is 363 g/mol. The van der Waals surface area contributed by atoms with Crippen LogP contribution in [-0.4, -0.2) is 17.1 Å². The minimum atomic E-state index is -0.922. The highest BCUT2D eigenvalue weighted by atomic mass is 19.2. The Morgan fingerprint density at radius 3 is 2.37 bits per heavy atom. The molecule has 0 aliphatic heterocycles. The Labute approximate surface area is 154 Å². The molecule has 0 amide bonds. The molecule has 3 aromatic carbocycles. The van der Waals surface area contributed by atoms with E-state index >= 15 is 0 Å². The first-order valence-corrected chi connectivity index (χ1v) is 8.27. The van der Waals surface area contributed by atoms with Gasteiger partial charge in [-0.25, -0.2) is 18.7 Å². The van der Waals surface area contributed by atoms with E-state index in [1.54, 1.807) is 7.11 Å². The zero-order valence-electron chi connectivity index (χ0n) is 14.4. The second-order valence-corrected chi connectivity index (χ2v) is 5.90. The molecular weight excluding hydrogens is 348 g/mol. The van der Waals surface area contributed by atoms with Crippen LogP contribution in [0.2, 0.25) is 0 Å². The molecule has 0 saturated carbocycles. The van der Waals surface area contributed by atoms with Gasteiger partial charge in [-0.15, -0.1) is 0 Å². The highest BCUT2D eigenvalue weighted by molar-refractivity contribution is 5.92. The number of fused-ring (bicyclic) bond motifs is 1. The predicted molar refractivity (Wildman–Crippen MR) is 101 cm³/mol. The molecule has 0 bridgehead atoms. The van der Waals surface area contributed by atoms with Gasteiger partial charge in [0.05, 0.1) is 12.6 Å².